The van der Waals surface area contributed by atoms with Gasteiger partial charge in [0.1, 0.15) is 5.75 Å². The second kappa shape index (κ2) is 5.00. The van der Waals surface area contributed by atoms with Gasteiger partial charge in [-0.1, -0.05) is 6.07 Å². The van der Waals surface area contributed by atoms with Crippen LogP contribution in [0.1, 0.15) is 5.56 Å². The minimum absolute atomic E-state index is 0.472. The summed E-state index contributed by atoms with van der Waals surface area (Å²) in [6.07, 6.45) is -3.99. The van der Waals surface area contributed by atoms with Gasteiger partial charge in [-0.2, -0.15) is 21.6 Å². The highest BCUT2D eigenvalue weighted by Gasteiger charge is 2.31. The SMILES string of the molecule is CS(=O)(=O)CS(=O)(=O)Oc1cccc(C(F)(F)F)c1. The molecule has 0 heterocycles. The van der Waals surface area contributed by atoms with E-state index in [0.29, 0.717) is 12.3 Å². The van der Waals surface area contributed by atoms with E-state index in [1.165, 1.54) is 0 Å². The Hall–Kier alpha value is -1.29. The van der Waals surface area contributed by atoms with Crippen LogP contribution in [0.25, 0.3) is 0 Å². The van der Waals surface area contributed by atoms with Gasteiger partial charge in [-0.05, 0) is 18.2 Å². The predicted molar refractivity (Wildman–Crippen MR) is 60.7 cm³/mol. The molecule has 0 amide bonds. The van der Waals surface area contributed by atoms with Gasteiger partial charge in [0.2, 0.25) is 0 Å². The van der Waals surface area contributed by atoms with Crippen LogP contribution < -0.4 is 4.18 Å². The minimum Gasteiger partial charge on any atom is -0.382 e. The highest BCUT2D eigenvalue weighted by Crippen LogP contribution is 2.31. The van der Waals surface area contributed by atoms with Gasteiger partial charge in [0.05, 0.1) is 5.56 Å². The molecule has 0 bridgehead atoms. The summed E-state index contributed by atoms with van der Waals surface area (Å²) in [6.45, 7) is 0. The van der Waals surface area contributed by atoms with Gasteiger partial charge >= 0.3 is 16.3 Å². The molecule has 0 aromatic heterocycles. The Morgan fingerprint density at radius 2 is 1.74 bits per heavy atom. The lowest BCUT2D eigenvalue weighted by Gasteiger charge is -2.09. The topological polar surface area (TPSA) is 77.5 Å². The molecule has 0 saturated carbocycles. The maximum absolute atomic E-state index is 12.4. The summed E-state index contributed by atoms with van der Waals surface area (Å²) < 4.78 is 85.7. The van der Waals surface area contributed by atoms with E-state index >= 15 is 0 Å². The molecule has 19 heavy (non-hydrogen) atoms. The molecule has 10 heteroatoms. The maximum atomic E-state index is 12.4. The molecule has 5 nitrogen and oxygen atoms in total. The van der Waals surface area contributed by atoms with Crippen LogP contribution >= 0.6 is 0 Å². The normalized spacial score (nSPS) is 13.3. The van der Waals surface area contributed by atoms with E-state index in [9.17, 15) is 30.0 Å². The van der Waals surface area contributed by atoms with Crippen molar-refractivity contribution in [3.8, 4) is 5.75 Å². The highest BCUT2D eigenvalue weighted by molar-refractivity contribution is 8.05. The van der Waals surface area contributed by atoms with E-state index in [2.05, 4.69) is 4.18 Å². The Bertz CT molecular complexity index is 661. The quantitative estimate of drug-likeness (QED) is 0.785. The van der Waals surface area contributed by atoms with Gasteiger partial charge in [0.15, 0.2) is 14.9 Å². The highest BCUT2D eigenvalue weighted by atomic mass is 32.3. The summed E-state index contributed by atoms with van der Waals surface area (Å²) >= 11 is 0. The number of benzene rings is 1. The van der Waals surface area contributed by atoms with Gasteiger partial charge in [0, 0.05) is 6.26 Å². The molecule has 108 valence electrons. The fourth-order valence-corrected chi connectivity index (χ4v) is 3.84. The zero-order valence-corrected chi connectivity index (χ0v) is 11.1. The van der Waals surface area contributed by atoms with E-state index in [4.69, 9.17) is 0 Å². The van der Waals surface area contributed by atoms with E-state index in [0.717, 1.165) is 18.2 Å². The molecule has 0 aliphatic heterocycles. The molecule has 0 N–H and O–H groups in total. The Kier molecular flexibility index (Phi) is 4.15. The van der Waals surface area contributed by atoms with Crippen LogP contribution in [0.15, 0.2) is 24.3 Å². The number of alkyl halides is 3. The molecule has 0 radical (unpaired) electrons. The van der Waals surface area contributed by atoms with Crippen molar-refractivity contribution in [3.05, 3.63) is 29.8 Å². The average molecular weight is 318 g/mol. The lowest BCUT2D eigenvalue weighted by Crippen LogP contribution is -2.20. The minimum atomic E-state index is -4.65. The van der Waals surface area contributed by atoms with Crippen molar-refractivity contribution in [3.63, 3.8) is 0 Å². The summed E-state index contributed by atoms with van der Waals surface area (Å²) in [5.41, 5.74) is -1.10. The fraction of sp³-hybridized carbons (Fsp3) is 0.333. The number of hydrogen-bond acceptors (Lipinski definition) is 5. The summed E-state index contributed by atoms with van der Waals surface area (Å²) in [6, 6.07) is 3.14. The first-order valence-corrected chi connectivity index (χ1v) is 8.30. The Morgan fingerprint density at radius 3 is 2.21 bits per heavy atom. The van der Waals surface area contributed by atoms with Crippen LogP contribution in [0, 0.1) is 0 Å². The summed E-state index contributed by atoms with van der Waals surface area (Å²) in [5, 5.41) is -1.31. The molecule has 1 rings (SSSR count). The number of sulfone groups is 1. The first-order valence-electron chi connectivity index (χ1n) is 4.66. The van der Waals surface area contributed by atoms with Gasteiger partial charge in [-0.25, -0.2) is 8.42 Å². The van der Waals surface area contributed by atoms with Crippen molar-refractivity contribution in [2.24, 2.45) is 0 Å². The van der Waals surface area contributed by atoms with Crippen molar-refractivity contribution in [2.45, 2.75) is 6.18 Å². The standard InChI is InChI=1S/C9H9F3O5S2/c1-18(13,14)6-19(15,16)17-8-4-2-3-7(5-8)9(10,11)12/h2-5H,6H2,1H3. The van der Waals surface area contributed by atoms with Crippen LogP contribution in [-0.4, -0.2) is 28.2 Å². The Balaban J connectivity index is 3.01. The molecular formula is C9H9F3O5S2. The van der Waals surface area contributed by atoms with Crippen molar-refractivity contribution in [2.75, 3.05) is 11.3 Å². The Morgan fingerprint density at radius 1 is 1.16 bits per heavy atom. The third-order valence-electron chi connectivity index (χ3n) is 1.74. The lowest BCUT2D eigenvalue weighted by molar-refractivity contribution is -0.137. The zero-order chi connectivity index (χ0) is 14.9. The molecule has 0 aliphatic rings. The molecular weight excluding hydrogens is 309 g/mol. The smallest absolute Gasteiger partial charge is 0.382 e. The zero-order valence-electron chi connectivity index (χ0n) is 9.51. The second-order valence-corrected chi connectivity index (χ2v) is 7.79. The van der Waals surface area contributed by atoms with E-state index in [1.807, 2.05) is 0 Å². The third kappa shape index (κ3) is 5.47. The van der Waals surface area contributed by atoms with E-state index in [1.54, 1.807) is 0 Å². The molecule has 0 saturated heterocycles. The van der Waals surface area contributed by atoms with Gasteiger partial charge in [0.25, 0.3) is 0 Å². The van der Waals surface area contributed by atoms with Crippen molar-refractivity contribution < 1.29 is 34.2 Å². The fourth-order valence-electron chi connectivity index (χ4n) is 1.16. The third-order valence-corrected chi connectivity index (χ3v) is 5.06. The monoisotopic (exact) mass is 318 g/mol. The number of halogens is 3. The molecule has 0 fully saturated rings. The molecule has 1 aromatic carbocycles. The van der Waals surface area contributed by atoms with Crippen LogP contribution in [0.3, 0.4) is 0 Å². The molecule has 0 atom stereocenters. The molecule has 1 aromatic rings. The van der Waals surface area contributed by atoms with Gasteiger partial charge in [-0.15, -0.1) is 0 Å². The molecule has 0 spiro atoms. The summed E-state index contributed by atoms with van der Waals surface area (Å²) in [4.78, 5) is 0. The molecule has 0 unspecified atom stereocenters. The average Bonchev–Trinajstić information content (AvgIpc) is 2.11. The lowest BCUT2D eigenvalue weighted by atomic mass is 10.2. The van der Waals surface area contributed by atoms with Gasteiger partial charge < -0.3 is 4.18 Å². The molecule has 0 aliphatic carbocycles. The van der Waals surface area contributed by atoms with Crippen LogP contribution in [0.2, 0.25) is 0 Å². The Labute approximate surface area is 108 Å². The van der Waals surface area contributed by atoms with Crippen molar-refractivity contribution >= 4 is 20.0 Å². The maximum Gasteiger partial charge on any atom is 0.416 e. The van der Waals surface area contributed by atoms with Crippen LogP contribution in [0.5, 0.6) is 5.75 Å². The predicted octanol–water partition coefficient (Wildman–Crippen LogP) is 1.42. The number of rotatable bonds is 4. The number of hydrogen-bond donors (Lipinski definition) is 0. The largest absolute Gasteiger partial charge is 0.416 e. The van der Waals surface area contributed by atoms with Crippen molar-refractivity contribution in [1.82, 2.24) is 0 Å². The van der Waals surface area contributed by atoms with Crippen LogP contribution in [-0.2, 0) is 26.1 Å². The van der Waals surface area contributed by atoms with Gasteiger partial charge in [-0.3, -0.25) is 0 Å². The van der Waals surface area contributed by atoms with E-state index < -0.39 is 42.5 Å². The van der Waals surface area contributed by atoms with Crippen molar-refractivity contribution in [1.29, 1.82) is 0 Å². The van der Waals surface area contributed by atoms with E-state index in [-0.39, 0.29) is 0 Å². The summed E-state index contributed by atoms with van der Waals surface area (Å²) in [5.74, 6) is -0.599. The second-order valence-electron chi connectivity index (χ2n) is 3.71. The first kappa shape index (κ1) is 15.8. The van der Waals surface area contributed by atoms with Crippen LogP contribution in [0.4, 0.5) is 13.2 Å². The summed E-state index contributed by atoms with van der Waals surface area (Å²) in [7, 11) is -8.39. The first-order chi connectivity index (χ1) is 8.39.